The molecule has 0 unspecified atom stereocenters. The monoisotopic (exact) mass is 406 g/mol. The Kier molecular flexibility index (Phi) is 7.28. The van der Waals surface area contributed by atoms with Crippen molar-refractivity contribution in [1.82, 2.24) is 5.32 Å². The average Bonchev–Trinajstić information content (AvgIpc) is 2.64. The molecule has 1 amide bonds. The third-order valence-electron chi connectivity index (χ3n) is 3.83. The van der Waals surface area contributed by atoms with Gasteiger partial charge in [0.2, 0.25) is 15.9 Å². The van der Waals surface area contributed by atoms with Gasteiger partial charge in [0.25, 0.3) is 0 Å². The van der Waals surface area contributed by atoms with Gasteiger partial charge in [0.15, 0.2) is 0 Å². The van der Waals surface area contributed by atoms with Crippen molar-refractivity contribution < 1.29 is 22.7 Å². The number of benzene rings is 2. The number of rotatable bonds is 9. The van der Waals surface area contributed by atoms with Gasteiger partial charge in [0.05, 0.1) is 25.2 Å². The Morgan fingerprint density at radius 1 is 1.04 bits per heavy atom. The Hall–Kier alpha value is -2.74. The van der Waals surface area contributed by atoms with Gasteiger partial charge in [-0.15, -0.1) is 0 Å². The molecule has 0 saturated carbocycles. The SMILES string of the molecule is COc1ccc(N(CC(=O)NCc2ccc(OC(C)C)cc2)S(C)(=O)=O)cc1. The summed E-state index contributed by atoms with van der Waals surface area (Å²) in [7, 11) is -2.09. The third-order valence-corrected chi connectivity index (χ3v) is 4.97. The largest absolute Gasteiger partial charge is 0.497 e. The van der Waals surface area contributed by atoms with Gasteiger partial charge in [-0.2, -0.15) is 0 Å². The van der Waals surface area contributed by atoms with Crippen LogP contribution in [-0.4, -0.2) is 40.3 Å². The molecule has 2 aromatic rings. The Labute approximate surface area is 166 Å². The standard InChI is InChI=1S/C20H26N2O5S/c1-15(2)27-19-9-5-16(6-10-19)13-21-20(23)14-22(28(4,24)25)17-7-11-18(26-3)12-8-17/h5-12,15H,13-14H2,1-4H3,(H,21,23). The predicted octanol–water partition coefficient (Wildman–Crippen LogP) is 2.56. The molecule has 0 aliphatic carbocycles. The van der Waals surface area contributed by atoms with Crippen LogP contribution in [0.1, 0.15) is 19.4 Å². The normalized spacial score (nSPS) is 11.2. The fourth-order valence-electron chi connectivity index (χ4n) is 2.49. The second-order valence-electron chi connectivity index (χ2n) is 6.55. The van der Waals surface area contributed by atoms with Crippen LogP contribution in [0.15, 0.2) is 48.5 Å². The highest BCUT2D eigenvalue weighted by atomic mass is 32.2. The van der Waals surface area contributed by atoms with Crippen LogP contribution in [0, 0.1) is 0 Å². The van der Waals surface area contributed by atoms with Crippen LogP contribution in [0.5, 0.6) is 11.5 Å². The van der Waals surface area contributed by atoms with E-state index in [1.807, 2.05) is 38.1 Å². The van der Waals surface area contributed by atoms with Gasteiger partial charge in [0.1, 0.15) is 18.0 Å². The molecule has 0 aliphatic heterocycles. The molecular weight excluding hydrogens is 380 g/mol. The maximum Gasteiger partial charge on any atom is 0.241 e. The molecule has 0 spiro atoms. The molecule has 7 nitrogen and oxygen atoms in total. The van der Waals surface area contributed by atoms with Crippen LogP contribution < -0.4 is 19.1 Å². The van der Waals surface area contributed by atoms with E-state index in [9.17, 15) is 13.2 Å². The van der Waals surface area contributed by atoms with Crippen LogP contribution in [0.25, 0.3) is 0 Å². The summed E-state index contributed by atoms with van der Waals surface area (Å²) >= 11 is 0. The molecule has 0 aromatic heterocycles. The van der Waals surface area contributed by atoms with Crippen molar-refractivity contribution in [2.45, 2.75) is 26.5 Å². The molecule has 0 radical (unpaired) electrons. The lowest BCUT2D eigenvalue weighted by molar-refractivity contribution is -0.119. The fourth-order valence-corrected chi connectivity index (χ4v) is 3.35. The number of nitrogens with zero attached hydrogens (tertiary/aromatic N) is 1. The molecule has 28 heavy (non-hydrogen) atoms. The van der Waals surface area contributed by atoms with E-state index in [0.29, 0.717) is 18.0 Å². The maximum atomic E-state index is 12.3. The number of amides is 1. The van der Waals surface area contributed by atoms with Crippen LogP contribution >= 0.6 is 0 Å². The van der Waals surface area contributed by atoms with E-state index in [1.54, 1.807) is 24.3 Å². The first-order valence-corrected chi connectivity index (χ1v) is 10.7. The number of anilines is 1. The van der Waals surface area contributed by atoms with Gasteiger partial charge in [-0.3, -0.25) is 9.10 Å². The second-order valence-corrected chi connectivity index (χ2v) is 8.46. The number of hydrogen-bond donors (Lipinski definition) is 1. The molecule has 0 aliphatic rings. The van der Waals surface area contributed by atoms with E-state index in [4.69, 9.17) is 9.47 Å². The van der Waals surface area contributed by atoms with Crippen LogP contribution in [-0.2, 0) is 21.4 Å². The molecule has 0 bridgehead atoms. The number of carbonyl (C=O) groups excluding carboxylic acids is 1. The number of sulfonamides is 1. The van der Waals surface area contributed by atoms with E-state index in [2.05, 4.69) is 5.32 Å². The van der Waals surface area contributed by atoms with Crippen molar-refractivity contribution in [3.05, 3.63) is 54.1 Å². The number of methoxy groups -OCH3 is 1. The van der Waals surface area contributed by atoms with Crippen molar-refractivity contribution >= 4 is 21.6 Å². The Morgan fingerprint density at radius 2 is 1.61 bits per heavy atom. The van der Waals surface area contributed by atoms with Gasteiger partial charge in [-0.05, 0) is 55.8 Å². The first kappa shape index (κ1) is 21.6. The van der Waals surface area contributed by atoms with Crippen LogP contribution in [0.2, 0.25) is 0 Å². The minimum Gasteiger partial charge on any atom is -0.497 e. The zero-order valence-corrected chi connectivity index (χ0v) is 17.3. The summed E-state index contributed by atoms with van der Waals surface area (Å²) in [6, 6.07) is 13.9. The maximum absolute atomic E-state index is 12.3. The molecular formula is C20H26N2O5S. The molecule has 0 atom stereocenters. The predicted molar refractivity (Wildman–Crippen MR) is 109 cm³/mol. The summed E-state index contributed by atoms with van der Waals surface area (Å²) in [6.07, 6.45) is 1.16. The van der Waals surface area contributed by atoms with E-state index in [0.717, 1.165) is 21.9 Å². The molecule has 8 heteroatoms. The van der Waals surface area contributed by atoms with Crippen molar-refractivity contribution in [1.29, 1.82) is 0 Å². The Bertz CT molecular complexity index is 878. The number of nitrogens with one attached hydrogen (secondary N) is 1. The molecule has 1 N–H and O–H groups in total. The van der Waals surface area contributed by atoms with Gasteiger partial charge in [-0.25, -0.2) is 8.42 Å². The third kappa shape index (κ3) is 6.45. The smallest absolute Gasteiger partial charge is 0.241 e. The first-order valence-electron chi connectivity index (χ1n) is 8.83. The molecule has 2 rings (SSSR count). The van der Waals surface area contributed by atoms with Crippen molar-refractivity contribution in [2.75, 3.05) is 24.2 Å². The average molecular weight is 407 g/mol. The minimum absolute atomic E-state index is 0.0884. The number of hydrogen-bond acceptors (Lipinski definition) is 5. The van der Waals surface area contributed by atoms with Gasteiger partial charge in [-0.1, -0.05) is 12.1 Å². The summed E-state index contributed by atoms with van der Waals surface area (Å²) in [4.78, 5) is 12.3. The summed E-state index contributed by atoms with van der Waals surface area (Å²) < 4.78 is 36.0. The van der Waals surface area contributed by atoms with Gasteiger partial charge in [0, 0.05) is 6.54 Å². The van der Waals surface area contributed by atoms with E-state index in [1.165, 1.54) is 7.11 Å². The molecule has 0 saturated heterocycles. The molecule has 0 fully saturated rings. The zero-order valence-electron chi connectivity index (χ0n) is 16.5. The van der Waals surface area contributed by atoms with Crippen molar-refractivity contribution in [3.8, 4) is 11.5 Å². The molecule has 2 aromatic carbocycles. The number of ether oxygens (including phenoxy) is 2. The van der Waals surface area contributed by atoms with Crippen LogP contribution in [0.4, 0.5) is 5.69 Å². The Morgan fingerprint density at radius 3 is 2.11 bits per heavy atom. The summed E-state index contributed by atoms with van der Waals surface area (Å²) in [6.45, 7) is 3.88. The Balaban J connectivity index is 1.99. The van der Waals surface area contributed by atoms with Crippen molar-refractivity contribution in [2.24, 2.45) is 0 Å². The lowest BCUT2D eigenvalue weighted by atomic mass is 10.2. The second kappa shape index (κ2) is 9.45. The first-order chi connectivity index (χ1) is 13.2. The highest BCUT2D eigenvalue weighted by Crippen LogP contribution is 2.21. The fraction of sp³-hybridized carbons (Fsp3) is 0.350. The minimum atomic E-state index is -3.62. The molecule has 0 heterocycles. The summed E-state index contributed by atoms with van der Waals surface area (Å²) in [5.41, 5.74) is 1.29. The van der Waals surface area contributed by atoms with E-state index >= 15 is 0 Å². The quantitative estimate of drug-likeness (QED) is 0.692. The highest BCUT2D eigenvalue weighted by molar-refractivity contribution is 7.92. The molecule has 152 valence electrons. The lowest BCUT2D eigenvalue weighted by Crippen LogP contribution is -2.40. The number of carbonyl (C=O) groups is 1. The summed E-state index contributed by atoms with van der Waals surface area (Å²) in [5, 5.41) is 2.74. The van der Waals surface area contributed by atoms with E-state index < -0.39 is 15.9 Å². The topological polar surface area (TPSA) is 84.9 Å². The van der Waals surface area contributed by atoms with Crippen LogP contribution in [0.3, 0.4) is 0 Å². The zero-order chi connectivity index (χ0) is 20.7. The summed E-state index contributed by atoms with van der Waals surface area (Å²) in [5.74, 6) is 0.961. The lowest BCUT2D eigenvalue weighted by Gasteiger charge is -2.22. The van der Waals surface area contributed by atoms with Gasteiger partial charge >= 0.3 is 0 Å². The van der Waals surface area contributed by atoms with Gasteiger partial charge < -0.3 is 14.8 Å². The highest BCUT2D eigenvalue weighted by Gasteiger charge is 2.20. The van der Waals surface area contributed by atoms with E-state index in [-0.39, 0.29) is 12.6 Å². The van der Waals surface area contributed by atoms with Crippen molar-refractivity contribution in [3.63, 3.8) is 0 Å².